The maximum absolute atomic E-state index is 12.7. The van der Waals surface area contributed by atoms with E-state index >= 15 is 0 Å². The summed E-state index contributed by atoms with van der Waals surface area (Å²) in [6, 6.07) is 6.91. The highest BCUT2D eigenvalue weighted by Crippen LogP contribution is 2.35. The Morgan fingerprint density at radius 1 is 1.28 bits per heavy atom. The molecule has 1 aromatic carbocycles. The highest BCUT2D eigenvalue weighted by molar-refractivity contribution is 7.21. The van der Waals surface area contributed by atoms with E-state index in [0.29, 0.717) is 39.8 Å². The van der Waals surface area contributed by atoms with E-state index in [-0.39, 0.29) is 17.9 Å². The number of methoxy groups -OCH3 is 1. The van der Waals surface area contributed by atoms with Crippen LogP contribution in [-0.4, -0.2) is 53.2 Å². The molecular weight excluding hydrogens is 390 g/mol. The first-order valence-electron chi connectivity index (χ1n) is 9.15. The van der Waals surface area contributed by atoms with Gasteiger partial charge in [-0.3, -0.25) is 9.59 Å². The van der Waals surface area contributed by atoms with Crippen LogP contribution in [0.3, 0.4) is 0 Å². The Labute approximate surface area is 171 Å². The second-order valence-electron chi connectivity index (χ2n) is 7.05. The van der Waals surface area contributed by atoms with Crippen LogP contribution in [0.4, 0.5) is 5.69 Å². The molecule has 0 aliphatic carbocycles. The Hall–Kier alpha value is -3.20. The number of benzene rings is 1. The molecule has 1 saturated heterocycles. The number of nitrogens with zero attached hydrogens (tertiary/aromatic N) is 3. The van der Waals surface area contributed by atoms with Gasteiger partial charge in [0.25, 0.3) is 11.8 Å². The summed E-state index contributed by atoms with van der Waals surface area (Å²) in [6.07, 6.45) is 0. The van der Waals surface area contributed by atoms with E-state index < -0.39 is 0 Å². The van der Waals surface area contributed by atoms with Crippen LogP contribution in [0.5, 0.6) is 5.75 Å². The Morgan fingerprint density at radius 3 is 2.76 bits per heavy atom. The lowest BCUT2D eigenvalue weighted by atomic mass is 10.1. The average Bonchev–Trinajstić information content (AvgIpc) is 3.04. The number of ether oxygens (including phenoxy) is 1. The van der Waals surface area contributed by atoms with Crippen LogP contribution < -0.4 is 15.8 Å². The van der Waals surface area contributed by atoms with Crippen LogP contribution in [0.25, 0.3) is 10.2 Å². The molecule has 4 rings (SSSR count). The van der Waals surface area contributed by atoms with Crippen molar-refractivity contribution in [1.29, 1.82) is 0 Å². The zero-order chi connectivity index (χ0) is 20.7. The summed E-state index contributed by atoms with van der Waals surface area (Å²) in [4.78, 5) is 28.0. The summed E-state index contributed by atoms with van der Waals surface area (Å²) in [6.45, 7) is 4.68. The van der Waals surface area contributed by atoms with Crippen molar-refractivity contribution in [1.82, 2.24) is 20.4 Å². The molecule has 3 heterocycles. The predicted octanol–water partition coefficient (Wildman–Crippen LogP) is 2.15. The number of thiophene rings is 1. The standard InChI is InChI=1S/C20H21N5O3S/c1-10-11(2)23-24-19-15(10)16(21)17(29-19)18(26)22-13-8-25(9-13)20(27)12-5-4-6-14(7-12)28-3/h4-7,13H,8-9,21H2,1-3H3,(H,22,26). The molecule has 0 saturated carbocycles. The number of carbonyl (C=O) groups is 2. The summed E-state index contributed by atoms with van der Waals surface area (Å²) in [5, 5.41) is 12.0. The van der Waals surface area contributed by atoms with E-state index in [2.05, 4.69) is 15.5 Å². The Morgan fingerprint density at radius 2 is 2.03 bits per heavy atom. The first kappa shape index (κ1) is 19.1. The van der Waals surface area contributed by atoms with E-state index in [0.717, 1.165) is 16.6 Å². The van der Waals surface area contributed by atoms with Gasteiger partial charge in [-0.05, 0) is 37.6 Å². The molecule has 29 heavy (non-hydrogen) atoms. The number of rotatable bonds is 4. The molecule has 3 aromatic rings. The van der Waals surface area contributed by atoms with E-state index in [1.54, 1.807) is 36.3 Å². The van der Waals surface area contributed by atoms with Gasteiger partial charge in [0.15, 0.2) is 0 Å². The number of anilines is 1. The zero-order valence-corrected chi connectivity index (χ0v) is 17.2. The number of likely N-dealkylation sites (tertiary alicyclic amines) is 1. The number of aryl methyl sites for hydroxylation is 2. The summed E-state index contributed by atoms with van der Waals surface area (Å²) >= 11 is 1.23. The third kappa shape index (κ3) is 3.38. The summed E-state index contributed by atoms with van der Waals surface area (Å²) in [5.74, 6) is 0.299. The van der Waals surface area contributed by atoms with Crippen molar-refractivity contribution in [3.05, 3.63) is 46.0 Å². The van der Waals surface area contributed by atoms with E-state index in [1.807, 2.05) is 13.8 Å². The number of hydrogen-bond acceptors (Lipinski definition) is 7. The quantitative estimate of drug-likeness (QED) is 0.681. The van der Waals surface area contributed by atoms with E-state index in [1.165, 1.54) is 11.3 Å². The molecule has 0 unspecified atom stereocenters. The number of nitrogen functional groups attached to an aromatic ring is 1. The van der Waals surface area contributed by atoms with Gasteiger partial charge in [-0.15, -0.1) is 16.4 Å². The molecule has 3 N–H and O–H groups in total. The minimum atomic E-state index is -0.249. The molecule has 0 atom stereocenters. The summed E-state index contributed by atoms with van der Waals surface area (Å²) in [5.41, 5.74) is 8.95. The monoisotopic (exact) mass is 411 g/mol. The van der Waals surface area contributed by atoms with Crippen molar-refractivity contribution in [2.75, 3.05) is 25.9 Å². The number of fused-ring (bicyclic) bond motifs is 1. The van der Waals surface area contributed by atoms with E-state index in [9.17, 15) is 9.59 Å². The van der Waals surface area contributed by atoms with Crippen molar-refractivity contribution in [2.24, 2.45) is 0 Å². The number of nitrogens with one attached hydrogen (secondary N) is 1. The highest BCUT2D eigenvalue weighted by atomic mass is 32.1. The van der Waals surface area contributed by atoms with Gasteiger partial charge in [-0.1, -0.05) is 6.07 Å². The van der Waals surface area contributed by atoms with Crippen LogP contribution in [0, 0.1) is 13.8 Å². The molecule has 1 aliphatic heterocycles. The maximum Gasteiger partial charge on any atom is 0.263 e. The lowest BCUT2D eigenvalue weighted by Gasteiger charge is -2.39. The minimum Gasteiger partial charge on any atom is -0.497 e. The molecule has 1 aliphatic rings. The Bertz CT molecular complexity index is 1120. The molecule has 0 bridgehead atoms. The molecule has 1 fully saturated rings. The molecule has 9 heteroatoms. The van der Waals surface area contributed by atoms with Crippen molar-refractivity contribution >= 4 is 39.1 Å². The first-order chi connectivity index (χ1) is 13.9. The first-order valence-corrected chi connectivity index (χ1v) is 9.96. The fourth-order valence-electron chi connectivity index (χ4n) is 3.33. The van der Waals surface area contributed by atoms with Gasteiger partial charge in [0, 0.05) is 24.0 Å². The fraction of sp³-hybridized carbons (Fsp3) is 0.300. The second-order valence-corrected chi connectivity index (χ2v) is 8.05. The van der Waals surface area contributed by atoms with Crippen LogP contribution in [0.1, 0.15) is 31.3 Å². The van der Waals surface area contributed by atoms with Gasteiger partial charge in [-0.25, -0.2) is 0 Å². The molecule has 2 amide bonds. The SMILES string of the molecule is COc1cccc(C(=O)N2CC(NC(=O)c3sc4nnc(C)c(C)c4c3N)C2)c1. The zero-order valence-electron chi connectivity index (χ0n) is 16.4. The summed E-state index contributed by atoms with van der Waals surface area (Å²) in [7, 11) is 1.56. The van der Waals surface area contributed by atoms with Crippen molar-refractivity contribution < 1.29 is 14.3 Å². The lowest BCUT2D eigenvalue weighted by Crippen LogP contribution is -2.60. The van der Waals surface area contributed by atoms with Crippen molar-refractivity contribution in [2.45, 2.75) is 19.9 Å². The Balaban J connectivity index is 1.42. The highest BCUT2D eigenvalue weighted by Gasteiger charge is 2.33. The smallest absolute Gasteiger partial charge is 0.263 e. The second kappa shape index (κ2) is 7.32. The van der Waals surface area contributed by atoms with Gasteiger partial charge < -0.3 is 20.7 Å². The number of hydrogen-bond donors (Lipinski definition) is 2. The number of carbonyl (C=O) groups excluding carboxylic acids is 2. The predicted molar refractivity (Wildman–Crippen MR) is 111 cm³/mol. The topological polar surface area (TPSA) is 110 Å². The number of nitrogens with two attached hydrogens (primary N) is 1. The third-order valence-electron chi connectivity index (χ3n) is 5.16. The van der Waals surface area contributed by atoms with Crippen LogP contribution >= 0.6 is 11.3 Å². The van der Waals surface area contributed by atoms with Crippen molar-refractivity contribution in [3.8, 4) is 5.75 Å². The van der Waals surface area contributed by atoms with E-state index in [4.69, 9.17) is 10.5 Å². The minimum absolute atomic E-state index is 0.0860. The molecule has 8 nitrogen and oxygen atoms in total. The Kier molecular flexibility index (Phi) is 4.83. The van der Waals surface area contributed by atoms with Gasteiger partial charge in [0.05, 0.1) is 24.5 Å². The largest absolute Gasteiger partial charge is 0.497 e. The molecule has 2 aromatic heterocycles. The fourth-order valence-corrected chi connectivity index (χ4v) is 4.34. The average molecular weight is 411 g/mol. The van der Waals surface area contributed by atoms with Gasteiger partial charge in [0.1, 0.15) is 15.5 Å². The van der Waals surface area contributed by atoms with Crippen LogP contribution in [0.15, 0.2) is 24.3 Å². The molecular formula is C20H21N5O3S. The third-order valence-corrected chi connectivity index (χ3v) is 6.25. The van der Waals surface area contributed by atoms with Gasteiger partial charge >= 0.3 is 0 Å². The molecule has 0 radical (unpaired) electrons. The number of amides is 2. The lowest BCUT2D eigenvalue weighted by molar-refractivity contribution is 0.0543. The summed E-state index contributed by atoms with van der Waals surface area (Å²) < 4.78 is 5.16. The van der Waals surface area contributed by atoms with Gasteiger partial charge in [-0.2, -0.15) is 5.10 Å². The van der Waals surface area contributed by atoms with Crippen molar-refractivity contribution in [3.63, 3.8) is 0 Å². The van der Waals surface area contributed by atoms with Crippen LogP contribution in [-0.2, 0) is 0 Å². The molecule has 0 spiro atoms. The van der Waals surface area contributed by atoms with Crippen LogP contribution in [0.2, 0.25) is 0 Å². The van der Waals surface area contributed by atoms with Gasteiger partial charge in [0.2, 0.25) is 0 Å². The number of aromatic nitrogens is 2. The molecule has 150 valence electrons. The normalized spacial score (nSPS) is 14.0. The maximum atomic E-state index is 12.7.